The molecule has 0 bridgehead atoms. The molecule has 1 unspecified atom stereocenters. The third-order valence-electron chi connectivity index (χ3n) is 5.07. The number of benzene rings is 2. The first-order valence-corrected chi connectivity index (χ1v) is 9.17. The first kappa shape index (κ1) is 19.3. The second kappa shape index (κ2) is 7.28. The number of para-hydroxylation sites is 1. The van der Waals surface area contributed by atoms with E-state index >= 15 is 0 Å². The third-order valence-corrected chi connectivity index (χ3v) is 5.07. The fraction of sp³-hybridized carbons (Fsp3) is 0.348. The van der Waals surface area contributed by atoms with E-state index in [2.05, 4.69) is 31.8 Å². The fourth-order valence-electron chi connectivity index (χ4n) is 4.12. The molecule has 3 nitrogen and oxygen atoms in total. The second-order valence-electron chi connectivity index (χ2n) is 8.22. The van der Waals surface area contributed by atoms with Crippen molar-refractivity contribution in [2.75, 3.05) is 7.11 Å². The molecule has 1 heterocycles. The molecule has 3 rings (SSSR count). The first-order valence-electron chi connectivity index (χ1n) is 9.17. The lowest BCUT2D eigenvalue weighted by Crippen LogP contribution is -2.44. The van der Waals surface area contributed by atoms with Crippen LogP contribution in [-0.4, -0.2) is 17.6 Å². The minimum absolute atomic E-state index is 0.266. The van der Waals surface area contributed by atoms with Gasteiger partial charge in [0.2, 0.25) is 0 Å². The molecule has 0 aliphatic heterocycles. The molecular formula is C23H27FN2O. The average Bonchev–Trinajstić information content (AvgIpc) is 2.61. The summed E-state index contributed by atoms with van der Waals surface area (Å²) in [6.45, 7) is 6.22. The molecule has 1 atom stereocenters. The van der Waals surface area contributed by atoms with Crippen LogP contribution in [0.3, 0.4) is 0 Å². The van der Waals surface area contributed by atoms with E-state index in [1.54, 1.807) is 19.2 Å². The first-order chi connectivity index (χ1) is 12.7. The second-order valence-corrected chi connectivity index (χ2v) is 8.22. The molecular weight excluding hydrogens is 339 g/mol. The van der Waals surface area contributed by atoms with Gasteiger partial charge >= 0.3 is 0 Å². The lowest BCUT2D eigenvalue weighted by atomic mass is 9.72. The normalized spacial score (nSPS) is 14.1. The van der Waals surface area contributed by atoms with Crippen molar-refractivity contribution in [1.82, 2.24) is 4.98 Å². The Hall–Kier alpha value is -2.46. The smallest absolute Gasteiger partial charge is 0.123 e. The van der Waals surface area contributed by atoms with Crippen molar-refractivity contribution in [2.45, 2.75) is 44.6 Å². The van der Waals surface area contributed by atoms with Crippen LogP contribution in [0.25, 0.3) is 10.9 Å². The van der Waals surface area contributed by atoms with Crippen molar-refractivity contribution in [2.24, 2.45) is 5.73 Å². The van der Waals surface area contributed by atoms with Crippen LogP contribution in [0.2, 0.25) is 0 Å². The molecule has 1 aromatic heterocycles. The van der Waals surface area contributed by atoms with E-state index in [-0.39, 0.29) is 11.2 Å². The molecule has 0 aliphatic rings. The predicted octanol–water partition coefficient (Wildman–Crippen LogP) is 5.01. The maximum atomic E-state index is 13.9. The van der Waals surface area contributed by atoms with Crippen molar-refractivity contribution in [3.63, 3.8) is 0 Å². The van der Waals surface area contributed by atoms with Crippen LogP contribution in [0.5, 0.6) is 5.75 Å². The predicted molar refractivity (Wildman–Crippen MR) is 109 cm³/mol. The topological polar surface area (TPSA) is 48.1 Å². The number of nitrogens with zero attached hydrogens (tertiary/aromatic N) is 1. The van der Waals surface area contributed by atoms with Gasteiger partial charge in [-0.3, -0.25) is 4.98 Å². The molecule has 0 saturated carbocycles. The van der Waals surface area contributed by atoms with E-state index < -0.39 is 5.54 Å². The van der Waals surface area contributed by atoms with Crippen LogP contribution < -0.4 is 10.5 Å². The number of methoxy groups -OCH3 is 1. The van der Waals surface area contributed by atoms with E-state index in [0.29, 0.717) is 18.6 Å². The Morgan fingerprint density at radius 2 is 1.81 bits per heavy atom. The van der Waals surface area contributed by atoms with Crippen LogP contribution in [-0.2, 0) is 11.8 Å². The summed E-state index contributed by atoms with van der Waals surface area (Å²) in [4.78, 5) is 4.43. The quantitative estimate of drug-likeness (QED) is 0.667. The third kappa shape index (κ3) is 4.28. The highest BCUT2D eigenvalue weighted by molar-refractivity contribution is 5.81. The Morgan fingerprint density at radius 3 is 2.56 bits per heavy atom. The molecule has 27 heavy (non-hydrogen) atoms. The summed E-state index contributed by atoms with van der Waals surface area (Å²) >= 11 is 0. The summed E-state index contributed by atoms with van der Waals surface area (Å²) in [5.41, 5.74) is 8.89. The molecule has 0 radical (unpaired) electrons. The van der Waals surface area contributed by atoms with Gasteiger partial charge in [-0.15, -0.1) is 0 Å². The van der Waals surface area contributed by atoms with Crippen molar-refractivity contribution in [3.8, 4) is 5.75 Å². The maximum Gasteiger partial charge on any atom is 0.123 e. The Balaban J connectivity index is 1.90. The van der Waals surface area contributed by atoms with E-state index in [1.807, 2.05) is 30.5 Å². The molecule has 142 valence electrons. The van der Waals surface area contributed by atoms with E-state index in [1.165, 1.54) is 11.6 Å². The van der Waals surface area contributed by atoms with Gasteiger partial charge in [0.05, 0.1) is 12.6 Å². The summed E-state index contributed by atoms with van der Waals surface area (Å²) in [5, 5.41) is 1.12. The number of rotatable bonds is 6. The highest BCUT2D eigenvalue weighted by Crippen LogP contribution is 2.38. The summed E-state index contributed by atoms with van der Waals surface area (Å²) < 4.78 is 19.3. The average molecular weight is 366 g/mol. The lowest BCUT2D eigenvalue weighted by molar-refractivity contribution is 0.313. The number of hydrogen-bond acceptors (Lipinski definition) is 3. The van der Waals surface area contributed by atoms with Gasteiger partial charge in [0.25, 0.3) is 0 Å². The van der Waals surface area contributed by atoms with Crippen molar-refractivity contribution in [1.29, 1.82) is 0 Å². The van der Waals surface area contributed by atoms with Gasteiger partial charge in [0.15, 0.2) is 0 Å². The highest BCUT2D eigenvalue weighted by atomic mass is 19.1. The van der Waals surface area contributed by atoms with Crippen LogP contribution in [0.1, 0.15) is 38.3 Å². The molecule has 2 N–H and O–H groups in total. The minimum Gasteiger partial charge on any atom is -0.496 e. The van der Waals surface area contributed by atoms with Crippen molar-refractivity contribution < 1.29 is 9.13 Å². The summed E-state index contributed by atoms with van der Waals surface area (Å²) in [7, 11) is 1.61. The molecule has 0 spiro atoms. The summed E-state index contributed by atoms with van der Waals surface area (Å²) in [6, 6.07) is 14.8. The zero-order valence-electron chi connectivity index (χ0n) is 16.4. The van der Waals surface area contributed by atoms with Gasteiger partial charge in [-0.2, -0.15) is 0 Å². The molecule has 0 aliphatic carbocycles. The SMILES string of the molecule is COc1ccc(F)cc1C(C)(C)CC(C)(N)Cc1ccnc2ccccc12. The Labute approximate surface area is 160 Å². The maximum absolute atomic E-state index is 13.9. The van der Waals surface area contributed by atoms with Crippen molar-refractivity contribution >= 4 is 10.9 Å². The number of halogens is 1. The van der Waals surface area contributed by atoms with Crippen LogP contribution in [0, 0.1) is 5.82 Å². The van der Waals surface area contributed by atoms with Gasteiger partial charge in [0.1, 0.15) is 11.6 Å². The number of ether oxygens (including phenoxy) is 1. The van der Waals surface area contributed by atoms with Crippen LogP contribution in [0.4, 0.5) is 4.39 Å². The fourth-order valence-corrected chi connectivity index (χ4v) is 4.12. The van der Waals surface area contributed by atoms with Gasteiger partial charge in [-0.25, -0.2) is 4.39 Å². The number of nitrogens with two attached hydrogens (primary N) is 1. The molecule has 0 amide bonds. The largest absolute Gasteiger partial charge is 0.496 e. The minimum atomic E-state index is -0.481. The Kier molecular flexibility index (Phi) is 5.20. The number of pyridine rings is 1. The van der Waals surface area contributed by atoms with Gasteiger partial charge in [-0.1, -0.05) is 32.0 Å². The zero-order chi connectivity index (χ0) is 19.7. The van der Waals surface area contributed by atoms with E-state index in [0.717, 1.165) is 16.5 Å². The molecule has 3 aromatic rings. The number of fused-ring (bicyclic) bond motifs is 1. The number of aromatic nitrogens is 1. The van der Waals surface area contributed by atoms with Gasteiger partial charge < -0.3 is 10.5 Å². The molecule has 4 heteroatoms. The Bertz CT molecular complexity index is 945. The molecule has 0 fully saturated rings. The van der Waals surface area contributed by atoms with Gasteiger partial charge in [0, 0.05) is 22.7 Å². The zero-order valence-corrected chi connectivity index (χ0v) is 16.4. The summed E-state index contributed by atoms with van der Waals surface area (Å²) in [6.07, 6.45) is 3.21. The summed E-state index contributed by atoms with van der Waals surface area (Å²) in [5.74, 6) is 0.421. The van der Waals surface area contributed by atoms with Gasteiger partial charge in [-0.05, 0) is 61.1 Å². The highest BCUT2D eigenvalue weighted by Gasteiger charge is 2.33. The Morgan fingerprint density at radius 1 is 1.07 bits per heavy atom. The van der Waals surface area contributed by atoms with Crippen LogP contribution in [0.15, 0.2) is 54.7 Å². The standard InChI is InChI=1S/C23H27FN2O/c1-22(2,19-13-17(24)9-10-21(19)27-4)15-23(3,25)14-16-11-12-26-20-8-6-5-7-18(16)20/h5-13H,14-15,25H2,1-4H3. The van der Waals surface area contributed by atoms with E-state index in [4.69, 9.17) is 10.5 Å². The number of hydrogen-bond donors (Lipinski definition) is 1. The monoisotopic (exact) mass is 366 g/mol. The van der Waals surface area contributed by atoms with Crippen molar-refractivity contribution in [3.05, 3.63) is 71.7 Å². The van der Waals surface area contributed by atoms with E-state index in [9.17, 15) is 4.39 Å². The van der Waals surface area contributed by atoms with Crippen LogP contribution >= 0.6 is 0 Å². The molecule has 2 aromatic carbocycles. The lowest BCUT2D eigenvalue weighted by Gasteiger charge is -2.36. The molecule has 0 saturated heterocycles.